The van der Waals surface area contributed by atoms with Crippen molar-refractivity contribution < 1.29 is 14.3 Å². The summed E-state index contributed by atoms with van der Waals surface area (Å²) >= 11 is 0. The number of carbonyl (C=O) groups is 1. The monoisotopic (exact) mass is 311 g/mol. The third kappa shape index (κ3) is 3.90. The van der Waals surface area contributed by atoms with Crippen molar-refractivity contribution in [2.45, 2.75) is 31.9 Å². The van der Waals surface area contributed by atoms with Crippen molar-refractivity contribution >= 4 is 5.91 Å². The number of hydrogen-bond acceptors (Lipinski definition) is 3. The highest BCUT2D eigenvalue weighted by molar-refractivity contribution is 5.93. The summed E-state index contributed by atoms with van der Waals surface area (Å²) < 4.78 is 5.25. The predicted molar refractivity (Wildman–Crippen MR) is 87.5 cm³/mol. The molecule has 0 saturated carbocycles. The lowest BCUT2D eigenvalue weighted by atomic mass is 10.1. The van der Waals surface area contributed by atoms with E-state index in [4.69, 9.17) is 4.42 Å². The average molecular weight is 311 g/mol. The van der Waals surface area contributed by atoms with E-state index < -0.39 is 6.10 Å². The van der Waals surface area contributed by atoms with Gasteiger partial charge in [0, 0.05) is 12.1 Å². The quantitative estimate of drug-likeness (QED) is 0.889. The third-order valence-electron chi connectivity index (χ3n) is 4.08. The molecule has 0 radical (unpaired) electrons. The molecule has 1 N–H and O–H groups in total. The van der Waals surface area contributed by atoms with Crippen molar-refractivity contribution in [3.05, 3.63) is 71.7 Å². The van der Waals surface area contributed by atoms with Gasteiger partial charge in [0.2, 0.25) is 5.91 Å². The van der Waals surface area contributed by atoms with Crippen LogP contribution in [-0.2, 0) is 11.3 Å². The van der Waals surface area contributed by atoms with E-state index in [0.29, 0.717) is 12.3 Å². The predicted octanol–water partition coefficient (Wildman–Crippen LogP) is 3.45. The van der Waals surface area contributed by atoms with Crippen LogP contribution in [0.2, 0.25) is 0 Å². The molecule has 4 heteroatoms. The fourth-order valence-electron chi connectivity index (χ4n) is 2.87. The topological polar surface area (TPSA) is 53.7 Å². The highest BCUT2D eigenvalue weighted by atomic mass is 16.4. The molecule has 1 aliphatic rings. The Morgan fingerprint density at radius 2 is 2.04 bits per heavy atom. The highest BCUT2D eigenvalue weighted by Crippen LogP contribution is 2.23. The van der Waals surface area contributed by atoms with Gasteiger partial charge in [0.25, 0.3) is 0 Å². The van der Waals surface area contributed by atoms with Crippen molar-refractivity contribution in [3.63, 3.8) is 0 Å². The van der Waals surface area contributed by atoms with Crippen LogP contribution in [0.1, 0.15) is 36.7 Å². The Morgan fingerprint density at radius 3 is 2.70 bits per heavy atom. The number of aliphatic hydroxyl groups is 1. The summed E-state index contributed by atoms with van der Waals surface area (Å²) in [7, 11) is 0. The SMILES string of the molecule is O=C(C1=CCCC1)N(Cc1ccccc1)CC(O)c1ccco1. The van der Waals surface area contributed by atoms with Crippen LogP contribution in [0.25, 0.3) is 0 Å². The van der Waals surface area contributed by atoms with Crippen molar-refractivity contribution in [3.8, 4) is 0 Å². The van der Waals surface area contributed by atoms with Crippen molar-refractivity contribution in [1.29, 1.82) is 0 Å². The second kappa shape index (κ2) is 7.29. The number of furan rings is 1. The van der Waals surface area contributed by atoms with Crippen LogP contribution in [0.4, 0.5) is 0 Å². The summed E-state index contributed by atoms with van der Waals surface area (Å²) in [5, 5.41) is 10.3. The van der Waals surface area contributed by atoms with E-state index >= 15 is 0 Å². The molecule has 0 bridgehead atoms. The maximum absolute atomic E-state index is 12.8. The molecule has 23 heavy (non-hydrogen) atoms. The molecule has 120 valence electrons. The number of amides is 1. The van der Waals surface area contributed by atoms with Crippen LogP contribution in [-0.4, -0.2) is 22.5 Å². The fourth-order valence-corrected chi connectivity index (χ4v) is 2.87. The van der Waals surface area contributed by atoms with E-state index in [2.05, 4.69) is 0 Å². The normalized spacial score (nSPS) is 15.3. The molecule has 1 aromatic heterocycles. The van der Waals surface area contributed by atoms with E-state index in [-0.39, 0.29) is 12.5 Å². The van der Waals surface area contributed by atoms with Crippen LogP contribution in [0.15, 0.2) is 64.8 Å². The maximum atomic E-state index is 12.8. The van der Waals surface area contributed by atoms with Gasteiger partial charge >= 0.3 is 0 Å². The van der Waals surface area contributed by atoms with E-state index in [1.54, 1.807) is 17.0 Å². The van der Waals surface area contributed by atoms with Crippen LogP contribution in [0.5, 0.6) is 0 Å². The van der Waals surface area contributed by atoms with Gasteiger partial charge in [0.1, 0.15) is 11.9 Å². The standard InChI is InChI=1S/C19H21NO3/c21-17(18-11-6-12-23-18)14-20(13-15-7-2-1-3-8-15)19(22)16-9-4-5-10-16/h1-3,6-9,11-12,17,21H,4-5,10,13-14H2. The molecule has 1 amide bonds. The lowest BCUT2D eigenvalue weighted by Gasteiger charge is -2.25. The molecular formula is C19H21NO3. The van der Waals surface area contributed by atoms with Crippen LogP contribution >= 0.6 is 0 Å². The summed E-state index contributed by atoms with van der Waals surface area (Å²) in [4.78, 5) is 14.5. The highest BCUT2D eigenvalue weighted by Gasteiger charge is 2.24. The molecule has 0 spiro atoms. The number of aliphatic hydroxyl groups excluding tert-OH is 1. The first-order valence-corrected chi connectivity index (χ1v) is 7.98. The number of hydrogen-bond donors (Lipinski definition) is 1. The Labute approximate surface area is 136 Å². The van der Waals surface area contributed by atoms with Crippen LogP contribution in [0, 0.1) is 0 Å². The minimum atomic E-state index is -0.820. The summed E-state index contributed by atoms with van der Waals surface area (Å²) in [6.07, 6.45) is 5.53. The lowest BCUT2D eigenvalue weighted by molar-refractivity contribution is -0.129. The Hall–Kier alpha value is -2.33. The summed E-state index contributed by atoms with van der Waals surface area (Å²) in [5.74, 6) is 0.494. The second-order valence-corrected chi connectivity index (χ2v) is 5.82. The summed E-state index contributed by atoms with van der Waals surface area (Å²) in [6.45, 7) is 0.702. The minimum Gasteiger partial charge on any atom is -0.467 e. The molecule has 0 aliphatic heterocycles. The molecule has 0 fully saturated rings. The number of rotatable bonds is 6. The molecule has 3 rings (SSSR count). The van der Waals surface area contributed by atoms with Gasteiger partial charge in [-0.2, -0.15) is 0 Å². The zero-order valence-electron chi connectivity index (χ0n) is 13.0. The van der Waals surface area contributed by atoms with Crippen molar-refractivity contribution in [2.75, 3.05) is 6.54 Å². The van der Waals surface area contributed by atoms with Crippen LogP contribution < -0.4 is 0 Å². The van der Waals surface area contributed by atoms with Gasteiger partial charge in [-0.1, -0.05) is 36.4 Å². The molecule has 1 aromatic carbocycles. The fraction of sp³-hybridized carbons (Fsp3) is 0.316. The number of carbonyl (C=O) groups excluding carboxylic acids is 1. The van der Waals surface area contributed by atoms with Gasteiger partial charge in [0.15, 0.2) is 0 Å². The van der Waals surface area contributed by atoms with Gasteiger partial charge in [0.05, 0.1) is 12.8 Å². The van der Waals surface area contributed by atoms with Gasteiger partial charge in [-0.25, -0.2) is 0 Å². The van der Waals surface area contributed by atoms with E-state index in [1.807, 2.05) is 36.4 Å². The van der Waals surface area contributed by atoms with E-state index in [9.17, 15) is 9.90 Å². The van der Waals surface area contributed by atoms with E-state index in [0.717, 1.165) is 30.4 Å². The van der Waals surface area contributed by atoms with Gasteiger partial charge < -0.3 is 14.4 Å². The first kappa shape index (κ1) is 15.6. The molecule has 1 heterocycles. The molecule has 2 aromatic rings. The van der Waals surface area contributed by atoms with Gasteiger partial charge in [-0.05, 0) is 37.0 Å². The van der Waals surface area contributed by atoms with E-state index in [1.165, 1.54) is 6.26 Å². The molecular weight excluding hydrogens is 290 g/mol. The van der Waals surface area contributed by atoms with Gasteiger partial charge in [-0.3, -0.25) is 4.79 Å². The molecule has 1 aliphatic carbocycles. The Kier molecular flexibility index (Phi) is 4.93. The van der Waals surface area contributed by atoms with Crippen molar-refractivity contribution in [1.82, 2.24) is 4.90 Å². The summed E-state index contributed by atoms with van der Waals surface area (Å²) in [5.41, 5.74) is 1.90. The zero-order chi connectivity index (χ0) is 16.1. The third-order valence-corrected chi connectivity index (χ3v) is 4.08. The Balaban J connectivity index is 1.76. The number of benzene rings is 1. The first-order chi connectivity index (χ1) is 11.2. The number of allylic oxidation sites excluding steroid dienone is 1. The minimum absolute atomic E-state index is 0.0111. The summed E-state index contributed by atoms with van der Waals surface area (Å²) in [6, 6.07) is 13.3. The first-order valence-electron chi connectivity index (χ1n) is 7.98. The zero-order valence-corrected chi connectivity index (χ0v) is 13.0. The van der Waals surface area contributed by atoms with Crippen LogP contribution in [0.3, 0.4) is 0 Å². The van der Waals surface area contributed by atoms with Crippen molar-refractivity contribution in [2.24, 2.45) is 0 Å². The second-order valence-electron chi connectivity index (χ2n) is 5.82. The molecule has 1 atom stereocenters. The Bertz CT molecular complexity index is 661. The number of nitrogens with zero attached hydrogens (tertiary/aromatic N) is 1. The maximum Gasteiger partial charge on any atom is 0.249 e. The van der Waals surface area contributed by atoms with Gasteiger partial charge in [-0.15, -0.1) is 0 Å². The largest absolute Gasteiger partial charge is 0.467 e. The molecule has 0 saturated heterocycles. The molecule has 1 unspecified atom stereocenters. The smallest absolute Gasteiger partial charge is 0.249 e. The molecule has 4 nitrogen and oxygen atoms in total. The Morgan fingerprint density at radius 1 is 1.22 bits per heavy atom. The average Bonchev–Trinajstić information content (AvgIpc) is 3.27. The lowest BCUT2D eigenvalue weighted by Crippen LogP contribution is -2.35.